The highest BCUT2D eigenvalue weighted by Gasteiger charge is 2.31. The van der Waals surface area contributed by atoms with Gasteiger partial charge in [-0.05, 0) is 19.8 Å². The van der Waals surface area contributed by atoms with Crippen LogP contribution in [0.15, 0.2) is 9.59 Å². The van der Waals surface area contributed by atoms with Crippen LogP contribution in [0.3, 0.4) is 0 Å². The second-order valence-corrected chi connectivity index (χ2v) is 7.83. The number of likely N-dealkylation sites (tertiary alicyclic amines) is 1. The Bertz CT molecular complexity index is 1050. The van der Waals surface area contributed by atoms with Crippen molar-refractivity contribution >= 4 is 27.5 Å². The molecule has 8 nitrogen and oxygen atoms in total. The topological polar surface area (TPSA) is 105 Å². The van der Waals surface area contributed by atoms with Crippen LogP contribution in [0.2, 0.25) is 0 Å². The first kappa shape index (κ1) is 21.4. The molecule has 2 aromatic rings. The Morgan fingerprint density at radius 3 is 2.38 bits per heavy atom. The van der Waals surface area contributed by atoms with Gasteiger partial charge in [0.2, 0.25) is 0 Å². The van der Waals surface area contributed by atoms with Crippen LogP contribution in [0, 0.1) is 0 Å². The molecule has 0 atom stereocenters. The lowest BCUT2D eigenvalue weighted by molar-refractivity contribution is -0.136. The maximum absolute atomic E-state index is 12.8. The van der Waals surface area contributed by atoms with Crippen molar-refractivity contribution in [2.75, 3.05) is 13.1 Å². The number of aromatic hydroxyl groups is 1. The third kappa shape index (κ3) is 4.04. The molecule has 29 heavy (non-hydrogen) atoms. The number of thiophene rings is 1. The van der Waals surface area contributed by atoms with Crippen LogP contribution in [-0.2, 0) is 13.1 Å². The van der Waals surface area contributed by atoms with Crippen LogP contribution in [0.25, 0.3) is 10.2 Å². The van der Waals surface area contributed by atoms with Gasteiger partial charge < -0.3 is 15.1 Å². The largest absolute Gasteiger partial charge is 0.505 e. The summed E-state index contributed by atoms with van der Waals surface area (Å²) in [5, 5.41) is 19.8. The van der Waals surface area contributed by atoms with E-state index in [1.807, 2.05) is 0 Å². The Balaban J connectivity index is 2.14. The third-order valence-electron chi connectivity index (χ3n) is 4.91. The van der Waals surface area contributed by atoms with Crippen molar-refractivity contribution in [3.63, 3.8) is 0 Å². The highest BCUT2D eigenvalue weighted by molar-refractivity contribution is 7.21. The predicted molar refractivity (Wildman–Crippen MR) is 99.5 cm³/mol. The van der Waals surface area contributed by atoms with Crippen LogP contribution in [0.4, 0.5) is 13.2 Å². The Morgan fingerprint density at radius 2 is 1.83 bits per heavy atom. The number of aliphatic hydroxyl groups excluding tert-OH is 1. The molecule has 1 aliphatic rings. The zero-order valence-electron chi connectivity index (χ0n) is 15.5. The first-order valence-corrected chi connectivity index (χ1v) is 9.90. The highest BCUT2D eigenvalue weighted by atomic mass is 32.1. The van der Waals surface area contributed by atoms with Gasteiger partial charge in [0.05, 0.1) is 12.5 Å². The van der Waals surface area contributed by atoms with Gasteiger partial charge in [0.1, 0.15) is 15.1 Å². The molecule has 3 rings (SSSR count). The Labute approximate surface area is 166 Å². The number of fused-ring (bicyclic) bond motifs is 1. The maximum atomic E-state index is 12.8. The number of alkyl halides is 3. The van der Waals surface area contributed by atoms with Gasteiger partial charge in [-0.25, -0.2) is 4.79 Å². The van der Waals surface area contributed by atoms with E-state index < -0.39 is 48.2 Å². The number of nitrogens with zero attached hydrogens (tertiary/aromatic N) is 3. The fourth-order valence-corrected chi connectivity index (χ4v) is 4.49. The molecule has 1 amide bonds. The van der Waals surface area contributed by atoms with Gasteiger partial charge in [0.15, 0.2) is 5.75 Å². The van der Waals surface area contributed by atoms with Gasteiger partial charge in [0, 0.05) is 26.2 Å². The Hall–Kier alpha value is -2.34. The molecule has 2 N–H and O–H groups in total. The minimum atomic E-state index is -4.52. The molecule has 0 aromatic carbocycles. The van der Waals surface area contributed by atoms with E-state index in [-0.39, 0.29) is 34.7 Å². The SMILES string of the molecule is CCn1c(=O)c2c(O)c(C(=O)N3CCC(O)CC3)sc2n(CCC(F)(F)F)c1=O. The molecule has 1 fully saturated rings. The van der Waals surface area contributed by atoms with Crippen molar-refractivity contribution in [3.8, 4) is 5.75 Å². The number of rotatable bonds is 4. The molecular formula is C17H20F3N3O5S. The summed E-state index contributed by atoms with van der Waals surface area (Å²) in [6, 6.07) is 0. The Kier molecular flexibility index (Phi) is 5.77. The van der Waals surface area contributed by atoms with Crippen LogP contribution < -0.4 is 11.2 Å². The monoisotopic (exact) mass is 435 g/mol. The third-order valence-corrected chi connectivity index (χ3v) is 6.10. The fourth-order valence-electron chi connectivity index (χ4n) is 3.32. The fraction of sp³-hybridized carbons (Fsp3) is 0.588. The van der Waals surface area contributed by atoms with Crippen molar-refractivity contribution in [2.45, 2.75) is 51.6 Å². The second-order valence-electron chi connectivity index (χ2n) is 6.83. The van der Waals surface area contributed by atoms with Gasteiger partial charge >= 0.3 is 11.9 Å². The number of amides is 1. The minimum Gasteiger partial charge on any atom is -0.505 e. The van der Waals surface area contributed by atoms with E-state index >= 15 is 0 Å². The number of hydrogen-bond donors (Lipinski definition) is 2. The van der Waals surface area contributed by atoms with E-state index in [4.69, 9.17) is 0 Å². The minimum absolute atomic E-state index is 0.0950. The summed E-state index contributed by atoms with van der Waals surface area (Å²) in [4.78, 5) is 39.0. The summed E-state index contributed by atoms with van der Waals surface area (Å²) in [5.74, 6) is -1.22. The smallest absolute Gasteiger partial charge is 0.390 e. The lowest BCUT2D eigenvalue weighted by atomic mass is 10.1. The van der Waals surface area contributed by atoms with E-state index in [2.05, 4.69) is 0 Å². The maximum Gasteiger partial charge on any atom is 0.390 e. The van der Waals surface area contributed by atoms with Crippen molar-refractivity contribution < 1.29 is 28.2 Å². The summed E-state index contributed by atoms with van der Waals surface area (Å²) in [5.41, 5.74) is -1.77. The van der Waals surface area contributed by atoms with Gasteiger partial charge in [-0.3, -0.25) is 18.7 Å². The molecule has 0 bridgehead atoms. The molecule has 0 aliphatic carbocycles. The lowest BCUT2D eigenvalue weighted by Crippen LogP contribution is -2.39. The molecular weight excluding hydrogens is 415 g/mol. The number of aliphatic hydroxyl groups is 1. The molecule has 1 saturated heterocycles. The van der Waals surface area contributed by atoms with Crippen LogP contribution in [0.1, 0.15) is 35.9 Å². The standard InChI is InChI=1S/C17H20F3N3O5S/c1-2-22-13(26)10-11(25)12(14(27)21-6-3-9(24)4-7-21)29-15(10)23(16(22)28)8-5-17(18,19)20/h9,24-25H,2-8H2,1H3. The van der Waals surface area contributed by atoms with Crippen LogP contribution in [0.5, 0.6) is 5.75 Å². The second kappa shape index (κ2) is 7.82. The molecule has 1 aliphatic heterocycles. The average Bonchev–Trinajstić information content (AvgIpc) is 2.98. The first-order chi connectivity index (χ1) is 13.5. The predicted octanol–water partition coefficient (Wildman–Crippen LogP) is 1.50. The molecule has 12 heteroatoms. The van der Waals surface area contributed by atoms with E-state index in [9.17, 15) is 37.8 Å². The molecule has 0 radical (unpaired) electrons. The lowest BCUT2D eigenvalue weighted by Gasteiger charge is -2.29. The zero-order valence-corrected chi connectivity index (χ0v) is 16.3. The quantitative estimate of drug-likeness (QED) is 0.758. The molecule has 2 aromatic heterocycles. The number of aryl methyl sites for hydroxylation is 1. The molecule has 160 valence electrons. The van der Waals surface area contributed by atoms with E-state index in [1.165, 1.54) is 11.8 Å². The molecule has 3 heterocycles. The van der Waals surface area contributed by atoms with Crippen LogP contribution >= 0.6 is 11.3 Å². The van der Waals surface area contributed by atoms with Crippen molar-refractivity contribution in [2.24, 2.45) is 0 Å². The number of piperidine rings is 1. The summed E-state index contributed by atoms with van der Waals surface area (Å²) in [6.07, 6.45) is -5.63. The normalized spacial score (nSPS) is 16.0. The first-order valence-electron chi connectivity index (χ1n) is 9.08. The summed E-state index contributed by atoms with van der Waals surface area (Å²) in [6.45, 7) is 1.14. The summed E-state index contributed by atoms with van der Waals surface area (Å²) >= 11 is 0.630. The van der Waals surface area contributed by atoms with Crippen molar-refractivity contribution in [3.05, 3.63) is 25.7 Å². The van der Waals surface area contributed by atoms with Gasteiger partial charge in [-0.2, -0.15) is 13.2 Å². The van der Waals surface area contributed by atoms with Gasteiger partial charge in [0.25, 0.3) is 11.5 Å². The summed E-state index contributed by atoms with van der Waals surface area (Å²) < 4.78 is 39.7. The summed E-state index contributed by atoms with van der Waals surface area (Å²) in [7, 11) is 0. The van der Waals surface area contributed by atoms with E-state index in [1.54, 1.807) is 0 Å². The zero-order chi connectivity index (χ0) is 21.5. The number of carbonyl (C=O) groups excluding carboxylic acids is 1. The van der Waals surface area contributed by atoms with Crippen molar-refractivity contribution in [1.82, 2.24) is 14.0 Å². The van der Waals surface area contributed by atoms with Gasteiger partial charge in [-0.1, -0.05) is 0 Å². The van der Waals surface area contributed by atoms with Crippen molar-refractivity contribution in [1.29, 1.82) is 0 Å². The number of carbonyl (C=O) groups is 1. The highest BCUT2D eigenvalue weighted by Crippen LogP contribution is 2.36. The number of hydrogen-bond acceptors (Lipinski definition) is 6. The number of halogens is 3. The molecule has 0 spiro atoms. The van der Waals surface area contributed by atoms with E-state index in [0.717, 1.165) is 9.13 Å². The molecule has 0 saturated carbocycles. The number of aromatic nitrogens is 2. The Morgan fingerprint density at radius 1 is 1.21 bits per heavy atom. The van der Waals surface area contributed by atoms with E-state index in [0.29, 0.717) is 24.2 Å². The molecule has 0 unspecified atom stereocenters. The van der Waals surface area contributed by atoms with Crippen LogP contribution in [-0.4, -0.2) is 55.5 Å². The van der Waals surface area contributed by atoms with Gasteiger partial charge in [-0.15, -0.1) is 11.3 Å². The average molecular weight is 435 g/mol.